The molecule has 0 saturated carbocycles. The minimum atomic E-state index is -4.32. The molecule has 1 aromatic carbocycles. The number of hydrogen-bond donors (Lipinski definition) is 0. The van der Waals surface area contributed by atoms with E-state index in [1.54, 1.807) is 18.3 Å². The van der Waals surface area contributed by atoms with Crippen LogP contribution in [0.4, 0.5) is 19.0 Å². The lowest BCUT2D eigenvalue weighted by molar-refractivity contribution is -0.138. The average molecular weight is 396 g/mol. The summed E-state index contributed by atoms with van der Waals surface area (Å²) in [6, 6.07) is 9.88. The number of anilines is 1. The molecule has 27 heavy (non-hydrogen) atoms. The molecule has 2 aliphatic heterocycles. The van der Waals surface area contributed by atoms with Crippen molar-refractivity contribution in [3.63, 3.8) is 0 Å². The van der Waals surface area contributed by atoms with Crippen LogP contribution in [0.1, 0.15) is 24.0 Å². The molecule has 0 spiro atoms. The first-order valence-electron chi connectivity index (χ1n) is 9.17. The summed E-state index contributed by atoms with van der Waals surface area (Å²) >= 11 is 5.92. The second kappa shape index (κ2) is 7.32. The maximum atomic E-state index is 13.3. The van der Waals surface area contributed by atoms with Crippen LogP contribution in [-0.2, 0) is 12.7 Å². The Morgan fingerprint density at radius 2 is 1.85 bits per heavy atom. The van der Waals surface area contributed by atoms with Gasteiger partial charge in [-0.3, -0.25) is 4.90 Å². The zero-order chi connectivity index (χ0) is 19.0. The van der Waals surface area contributed by atoms with E-state index in [2.05, 4.69) is 14.8 Å². The van der Waals surface area contributed by atoms with Crippen LogP contribution < -0.4 is 4.90 Å². The quantitative estimate of drug-likeness (QED) is 0.740. The fourth-order valence-electron chi connectivity index (χ4n) is 4.34. The van der Waals surface area contributed by atoms with E-state index in [4.69, 9.17) is 11.6 Å². The molecule has 2 atom stereocenters. The van der Waals surface area contributed by atoms with Crippen molar-refractivity contribution in [2.45, 2.75) is 31.6 Å². The molecule has 2 saturated heterocycles. The van der Waals surface area contributed by atoms with Crippen molar-refractivity contribution in [1.29, 1.82) is 0 Å². The molecule has 7 heteroatoms. The molecule has 3 heterocycles. The van der Waals surface area contributed by atoms with Gasteiger partial charge in [0.1, 0.15) is 5.82 Å². The van der Waals surface area contributed by atoms with E-state index in [9.17, 15) is 13.2 Å². The first kappa shape index (κ1) is 18.6. The molecule has 2 unspecified atom stereocenters. The van der Waals surface area contributed by atoms with E-state index in [1.807, 2.05) is 12.1 Å². The Labute approximate surface area is 161 Å². The number of fused-ring (bicyclic) bond motifs is 1. The van der Waals surface area contributed by atoms with Crippen molar-refractivity contribution < 1.29 is 13.2 Å². The lowest BCUT2D eigenvalue weighted by Crippen LogP contribution is -2.48. The second-order valence-electron chi connectivity index (χ2n) is 7.31. The maximum absolute atomic E-state index is 13.3. The minimum Gasteiger partial charge on any atom is -0.355 e. The Hall–Kier alpha value is -1.79. The average Bonchev–Trinajstić information content (AvgIpc) is 3.04. The smallest absolute Gasteiger partial charge is 0.355 e. The number of hydrogen-bond acceptors (Lipinski definition) is 3. The van der Waals surface area contributed by atoms with Crippen LogP contribution in [0.3, 0.4) is 0 Å². The van der Waals surface area contributed by atoms with Gasteiger partial charge in [-0.25, -0.2) is 4.98 Å². The van der Waals surface area contributed by atoms with Crippen LogP contribution in [0.15, 0.2) is 42.6 Å². The third-order valence-electron chi connectivity index (χ3n) is 5.71. The molecular weight excluding hydrogens is 375 g/mol. The van der Waals surface area contributed by atoms with Crippen LogP contribution in [0.5, 0.6) is 0 Å². The van der Waals surface area contributed by atoms with Gasteiger partial charge >= 0.3 is 6.18 Å². The summed E-state index contributed by atoms with van der Waals surface area (Å²) in [7, 11) is 0. The van der Waals surface area contributed by atoms with Crippen LogP contribution in [-0.4, -0.2) is 35.6 Å². The summed E-state index contributed by atoms with van der Waals surface area (Å²) in [5.74, 6) is 1.41. The van der Waals surface area contributed by atoms with Crippen LogP contribution in [0.25, 0.3) is 0 Å². The van der Waals surface area contributed by atoms with Gasteiger partial charge in [0.2, 0.25) is 0 Å². The van der Waals surface area contributed by atoms with Crippen molar-refractivity contribution in [3.8, 4) is 0 Å². The Kier molecular flexibility index (Phi) is 5.03. The molecule has 2 aromatic rings. The van der Waals surface area contributed by atoms with Gasteiger partial charge < -0.3 is 4.90 Å². The number of aromatic nitrogens is 1. The number of benzene rings is 1. The third kappa shape index (κ3) is 3.92. The summed E-state index contributed by atoms with van der Waals surface area (Å²) in [5, 5.41) is 0.597. The summed E-state index contributed by atoms with van der Waals surface area (Å²) in [5.41, 5.74) is -0.173. The standard InChI is InChI=1S/C20H21ClF3N3/c21-16-5-6-19(25-11-16)27-10-8-14-7-9-26(18(14)13-27)12-15-3-1-2-4-17(15)20(22,23)24/h1-6,11,14,18H,7-10,12-13H2. The zero-order valence-corrected chi connectivity index (χ0v) is 15.5. The number of rotatable bonds is 3. The second-order valence-corrected chi connectivity index (χ2v) is 7.75. The highest BCUT2D eigenvalue weighted by atomic mass is 35.5. The highest BCUT2D eigenvalue weighted by molar-refractivity contribution is 6.30. The molecule has 4 rings (SSSR count). The van der Waals surface area contributed by atoms with E-state index >= 15 is 0 Å². The van der Waals surface area contributed by atoms with Gasteiger partial charge in [-0.15, -0.1) is 0 Å². The van der Waals surface area contributed by atoms with Gasteiger partial charge in [0.05, 0.1) is 10.6 Å². The van der Waals surface area contributed by atoms with E-state index in [0.29, 0.717) is 23.0 Å². The van der Waals surface area contributed by atoms with Crippen molar-refractivity contribution in [1.82, 2.24) is 9.88 Å². The third-order valence-corrected chi connectivity index (χ3v) is 5.93. The molecule has 2 aliphatic rings. The first-order valence-corrected chi connectivity index (χ1v) is 9.55. The fourth-order valence-corrected chi connectivity index (χ4v) is 4.45. The predicted octanol–water partition coefficient (Wildman–Crippen LogP) is 4.85. The van der Waals surface area contributed by atoms with Gasteiger partial charge in [-0.05, 0) is 49.1 Å². The van der Waals surface area contributed by atoms with Gasteiger partial charge in [0, 0.05) is 31.9 Å². The summed E-state index contributed by atoms with van der Waals surface area (Å²) in [6.07, 6.45) is -0.607. The fraction of sp³-hybridized carbons (Fsp3) is 0.450. The van der Waals surface area contributed by atoms with Crippen molar-refractivity contribution in [2.75, 3.05) is 24.5 Å². The Bertz CT molecular complexity index is 794. The van der Waals surface area contributed by atoms with Gasteiger partial charge in [-0.2, -0.15) is 13.2 Å². The van der Waals surface area contributed by atoms with E-state index in [0.717, 1.165) is 38.3 Å². The number of piperidine rings is 1. The SMILES string of the molecule is FC(F)(F)c1ccccc1CN1CCC2CCN(c3ccc(Cl)cn3)CC21. The van der Waals surface area contributed by atoms with Crippen molar-refractivity contribution in [2.24, 2.45) is 5.92 Å². The molecule has 0 amide bonds. The predicted molar refractivity (Wildman–Crippen MR) is 99.8 cm³/mol. The molecule has 144 valence electrons. The highest BCUT2D eigenvalue weighted by Crippen LogP contribution is 2.37. The molecule has 0 bridgehead atoms. The normalized spacial score (nSPS) is 23.5. The Balaban J connectivity index is 1.51. The number of pyridine rings is 1. The monoisotopic (exact) mass is 395 g/mol. The lowest BCUT2D eigenvalue weighted by atomic mass is 9.92. The minimum absolute atomic E-state index is 0.248. The Morgan fingerprint density at radius 1 is 1.07 bits per heavy atom. The zero-order valence-electron chi connectivity index (χ0n) is 14.8. The van der Waals surface area contributed by atoms with Gasteiger partial charge in [0.25, 0.3) is 0 Å². The summed E-state index contributed by atoms with van der Waals surface area (Å²) in [4.78, 5) is 8.82. The lowest BCUT2D eigenvalue weighted by Gasteiger charge is -2.39. The van der Waals surface area contributed by atoms with E-state index in [-0.39, 0.29) is 6.04 Å². The number of alkyl halides is 3. The maximum Gasteiger partial charge on any atom is 0.416 e. The number of halogens is 4. The summed E-state index contributed by atoms with van der Waals surface area (Å²) < 4.78 is 40.0. The molecule has 3 nitrogen and oxygen atoms in total. The topological polar surface area (TPSA) is 19.4 Å². The molecular formula is C20H21ClF3N3. The number of likely N-dealkylation sites (tertiary alicyclic amines) is 1. The van der Waals surface area contributed by atoms with E-state index < -0.39 is 11.7 Å². The molecule has 0 aliphatic carbocycles. The molecule has 0 N–H and O–H groups in total. The highest BCUT2D eigenvalue weighted by Gasteiger charge is 2.40. The van der Waals surface area contributed by atoms with Crippen molar-refractivity contribution in [3.05, 3.63) is 58.7 Å². The van der Waals surface area contributed by atoms with Gasteiger partial charge in [0.15, 0.2) is 0 Å². The molecule has 0 radical (unpaired) electrons. The Morgan fingerprint density at radius 3 is 2.59 bits per heavy atom. The largest absolute Gasteiger partial charge is 0.416 e. The molecule has 1 aromatic heterocycles. The first-order chi connectivity index (χ1) is 12.9. The van der Waals surface area contributed by atoms with Crippen LogP contribution >= 0.6 is 11.6 Å². The van der Waals surface area contributed by atoms with Crippen LogP contribution in [0.2, 0.25) is 5.02 Å². The molecule has 2 fully saturated rings. The number of nitrogens with zero attached hydrogens (tertiary/aromatic N) is 3. The van der Waals surface area contributed by atoms with E-state index in [1.165, 1.54) is 12.1 Å². The van der Waals surface area contributed by atoms with Crippen LogP contribution in [0, 0.1) is 5.92 Å². The van der Waals surface area contributed by atoms with Gasteiger partial charge in [-0.1, -0.05) is 29.8 Å². The summed E-state index contributed by atoms with van der Waals surface area (Å²) in [6.45, 7) is 2.87. The van der Waals surface area contributed by atoms with Crippen molar-refractivity contribution >= 4 is 17.4 Å².